The van der Waals surface area contributed by atoms with Gasteiger partial charge in [-0.1, -0.05) is 18.2 Å². The summed E-state index contributed by atoms with van der Waals surface area (Å²) in [6, 6.07) is 8.72. The average Bonchev–Trinajstić information content (AvgIpc) is 2.21. The second-order valence-electron chi connectivity index (χ2n) is 2.80. The van der Waals surface area contributed by atoms with E-state index in [0.29, 0.717) is 5.69 Å². The van der Waals surface area contributed by atoms with Crippen molar-refractivity contribution in [2.45, 2.75) is 6.92 Å². The number of aliphatic carboxylic acids is 1. The number of anilines is 1. The fraction of sp³-hybridized carbons (Fsp3) is 0.100. The molecule has 0 amide bonds. The third-order valence-electron chi connectivity index (χ3n) is 1.74. The van der Waals surface area contributed by atoms with E-state index in [0.717, 1.165) is 5.56 Å². The fourth-order valence-corrected chi connectivity index (χ4v) is 0.935. The molecule has 0 atom stereocenters. The maximum Gasteiger partial charge on any atom is 0.367 e. The van der Waals surface area contributed by atoms with Gasteiger partial charge in [-0.15, -0.1) is 0 Å². The number of hydrogen-bond acceptors (Lipinski definition) is 4. The molecule has 0 bridgehead atoms. The molecule has 2 N–H and O–H groups in total. The third-order valence-corrected chi connectivity index (χ3v) is 1.74. The van der Waals surface area contributed by atoms with Crippen LogP contribution in [0.1, 0.15) is 5.56 Å². The number of nitrogens with one attached hydrogen (secondary N) is 1. The van der Waals surface area contributed by atoms with Gasteiger partial charge in [0.05, 0.1) is 5.69 Å². The van der Waals surface area contributed by atoms with Gasteiger partial charge in [0.1, 0.15) is 6.07 Å². The Balaban J connectivity index is 2.85. The number of para-hydroxylation sites is 1. The molecule has 0 aliphatic carbocycles. The number of rotatable bonds is 3. The van der Waals surface area contributed by atoms with Crippen LogP contribution in [0.3, 0.4) is 0 Å². The Kier molecular flexibility index (Phi) is 3.41. The van der Waals surface area contributed by atoms with Gasteiger partial charge in [0, 0.05) is 0 Å². The molecule has 76 valence electrons. The molecule has 0 heterocycles. The third kappa shape index (κ3) is 2.81. The van der Waals surface area contributed by atoms with Crippen molar-refractivity contribution in [2.75, 3.05) is 5.43 Å². The van der Waals surface area contributed by atoms with Gasteiger partial charge < -0.3 is 5.11 Å². The van der Waals surface area contributed by atoms with E-state index in [1.54, 1.807) is 12.1 Å². The largest absolute Gasteiger partial charge is 0.476 e. The van der Waals surface area contributed by atoms with Crippen LogP contribution >= 0.6 is 0 Å². The summed E-state index contributed by atoms with van der Waals surface area (Å²) in [5.74, 6) is -1.35. The number of nitriles is 1. The summed E-state index contributed by atoms with van der Waals surface area (Å²) in [7, 11) is 0. The first-order chi connectivity index (χ1) is 7.15. The van der Waals surface area contributed by atoms with Gasteiger partial charge in [-0.25, -0.2) is 4.79 Å². The molecule has 0 aliphatic rings. The van der Waals surface area contributed by atoms with Gasteiger partial charge in [-0.05, 0) is 18.6 Å². The monoisotopic (exact) mass is 203 g/mol. The standard InChI is InChI=1S/C10H9N3O2/c1-7-4-2-3-5-8(7)12-13-9(6-11)10(14)15/h2-5,12H,1H3,(H,14,15). The molecule has 1 rings (SSSR count). The van der Waals surface area contributed by atoms with Crippen molar-refractivity contribution >= 4 is 17.4 Å². The normalized spacial score (nSPS) is 10.5. The van der Waals surface area contributed by atoms with Crippen molar-refractivity contribution in [3.63, 3.8) is 0 Å². The van der Waals surface area contributed by atoms with Crippen LogP contribution in [0.15, 0.2) is 29.4 Å². The minimum Gasteiger partial charge on any atom is -0.476 e. The van der Waals surface area contributed by atoms with Gasteiger partial charge in [-0.3, -0.25) is 5.43 Å². The molecule has 0 radical (unpaired) electrons. The molecule has 15 heavy (non-hydrogen) atoms. The first-order valence-corrected chi connectivity index (χ1v) is 4.18. The smallest absolute Gasteiger partial charge is 0.367 e. The van der Waals surface area contributed by atoms with Crippen molar-refractivity contribution in [3.05, 3.63) is 29.8 Å². The lowest BCUT2D eigenvalue weighted by Gasteiger charge is -2.03. The number of carbonyl (C=O) groups is 1. The van der Waals surface area contributed by atoms with Gasteiger partial charge >= 0.3 is 5.97 Å². The highest BCUT2D eigenvalue weighted by Crippen LogP contribution is 2.12. The zero-order chi connectivity index (χ0) is 11.3. The SMILES string of the molecule is Cc1ccccc1NN=C(C#N)C(=O)O. The Hall–Kier alpha value is -2.35. The highest BCUT2D eigenvalue weighted by Gasteiger charge is 2.07. The summed E-state index contributed by atoms with van der Waals surface area (Å²) in [6.45, 7) is 1.85. The number of carboxylic acids is 1. The Labute approximate surface area is 86.7 Å². The van der Waals surface area contributed by atoms with Crippen LogP contribution in [-0.2, 0) is 4.79 Å². The molecule has 0 spiro atoms. The molecule has 5 heteroatoms. The lowest BCUT2D eigenvalue weighted by atomic mass is 10.2. The summed E-state index contributed by atoms with van der Waals surface area (Å²) in [6.07, 6.45) is 0. The molecule has 0 saturated heterocycles. The lowest BCUT2D eigenvalue weighted by molar-refractivity contribution is -0.129. The summed E-state index contributed by atoms with van der Waals surface area (Å²) in [4.78, 5) is 10.4. The highest BCUT2D eigenvalue weighted by atomic mass is 16.4. The van der Waals surface area contributed by atoms with E-state index in [9.17, 15) is 4.79 Å². The van der Waals surface area contributed by atoms with E-state index < -0.39 is 11.7 Å². The van der Waals surface area contributed by atoms with Crippen LogP contribution in [0.2, 0.25) is 0 Å². The zero-order valence-electron chi connectivity index (χ0n) is 8.06. The average molecular weight is 203 g/mol. The second kappa shape index (κ2) is 4.77. The van der Waals surface area contributed by atoms with Crippen LogP contribution in [0.5, 0.6) is 0 Å². The molecular weight excluding hydrogens is 194 g/mol. The molecule has 5 nitrogen and oxygen atoms in total. The van der Waals surface area contributed by atoms with Crippen LogP contribution in [0.4, 0.5) is 5.69 Å². The predicted octanol–water partition coefficient (Wildman–Crippen LogP) is 1.37. The lowest BCUT2D eigenvalue weighted by Crippen LogP contribution is -2.12. The minimum absolute atomic E-state index is 0.571. The van der Waals surface area contributed by atoms with E-state index in [2.05, 4.69) is 10.5 Å². The Morgan fingerprint density at radius 2 is 2.20 bits per heavy atom. The molecule has 0 aliphatic heterocycles. The maximum atomic E-state index is 10.4. The van der Waals surface area contributed by atoms with Crippen LogP contribution in [0.25, 0.3) is 0 Å². The Morgan fingerprint density at radius 1 is 1.53 bits per heavy atom. The molecule has 0 unspecified atom stereocenters. The van der Waals surface area contributed by atoms with Crippen LogP contribution in [0, 0.1) is 18.3 Å². The Morgan fingerprint density at radius 3 is 2.73 bits per heavy atom. The number of hydrazone groups is 1. The van der Waals surface area contributed by atoms with E-state index in [-0.39, 0.29) is 0 Å². The quantitative estimate of drug-likeness (QED) is 0.573. The highest BCUT2D eigenvalue weighted by molar-refractivity contribution is 6.42. The van der Waals surface area contributed by atoms with Gasteiger partial charge in [0.25, 0.3) is 0 Å². The number of benzene rings is 1. The van der Waals surface area contributed by atoms with Gasteiger partial charge in [0.15, 0.2) is 0 Å². The Bertz CT molecular complexity index is 446. The first-order valence-electron chi connectivity index (χ1n) is 4.18. The molecule has 0 saturated carbocycles. The predicted molar refractivity (Wildman–Crippen MR) is 55.5 cm³/mol. The molecule has 1 aromatic rings. The molecule has 0 aromatic heterocycles. The molecule has 1 aromatic carbocycles. The summed E-state index contributed by atoms with van der Waals surface area (Å²) in [5, 5.41) is 20.4. The van der Waals surface area contributed by atoms with Crippen molar-refractivity contribution < 1.29 is 9.90 Å². The maximum absolute atomic E-state index is 10.4. The second-order valence-corrected chi connectivity index (χ2v) is 2.80. The fourth-order valence-electron chi connectivity index (χ4n) is 0.935. The number of aryl methyl sites for hydroxylation is 1. The van der Waals surface area contributed by atoms with Gasteiger partial charge in [-0.2, -0.15) is 10.4 Å². The summed E-state index contributed by atoms with van der Waals surface area (Å²) in [5.41, 5.74) is 3.55. The van der Waals surface area contributed by atoms with E-state index in [1.165, 1.54) is 6.07 Å². The number of carboxylic acid groups (broad SMARTS) is 1. The molecular formula is C10H9N3O2. The van der Waals surface area contributed by atoms with Crippen LogP contribution < -0.4 is 5.43 Å². The van der Waals surface area contributed by atoms with Gasteiger partial charge in [0.2, 0.25) is 5.71 Å². The van der Waals surface area contributed by atoms with Crippen LogP contribution in [-0.4, -0.2) is 16.8 Å². The summed E-state index contributed by atoms with van der Waals surface area (Å²) >= 11 is 0. The minimum atomic E-state index is -1.35. The van der Waals surface area contributed by atoms with E-state index >= 15 is 0 Å². The molecule has 0 fully saturated rings. The van der Waals surface area contributed by atoms with Crippen molar-refractivity contribution in [3.8, 4) is 6.07 Å². The van der Waals surface area contributed by atoms with Crippen molar-refractivity contribution in [1.82, 2.24) is 0 Å². The zero-order valence-corrected chi connectivity index (χ0v) is 8.06. The van der Waals surface area contributed by atoms with E-state index in [4.69, 9.17) is 10.4 Å². The van der Waals surface area contributed by atoms with Crippen molar-refractivity contribution in [1.29, 1.82) is 5.26 Å². The van der Waals surface area contributed by atoms with Crippen molar-refractivity contribution in [2.24, 2.45) is 5.10 Å². The van der Waals surface area contributed by atoms with E-state index in [1.807, 2.05) is 19.1 Å². The summed E-state index contributed by atoms with van der Waals surface area (Å²) < 4.78 is 0. The first kappa shape index (κ1) is 10.7. The number of hydrogen-bond donors (Lipinski definition) is 2. The topological polar surface area (TPSA) is 85.5 Å². The number of nitrogens with zero attached hydrogens (tertiary/aromatic N) is 2.